The number of hydrogen-bond acceptors (Lipinski definition) is 3. The van der Waals surface area contributed by atoms with Gasteiger partial charge in [-0.25, -0.2) is 0 Å². The number of piperidine rings is 1. The van der Waals surface area contributed by atoms with Crippen molar-refractivity contribution in [2.75, 3.05) is 26.2 Å². The van der Waals surface area contributed by atoms with E-state index in [2.05, 4.69) is 53.0 Å². The highest BCUT2D eigenvalue weighted by Crippen LogP contribution is 2.39. The van der Waals surface area contributed by atoms with Gasteiger partial charge in [0, 0.05) is 51.3 Å². The molecule has 30 heavy (non-hydrogen) atoms. The molecule has 0 radical (unpaired) electrons. The molecular formula is C25H36N4O. The van der Waals surface area contributed by atoms with Gasteiger partial charge in [0.1, 0.15) is 0 Å². The Morgan fingerprint density at radius 3 is 2.60 bits per heavy atom. The summed E-state index contributed by atoms with van der Waals surface area (Å²) in [6.45, 7) is 9.65. The molecule has 2 aromatic rings. The number of carbonyl (C=O) groups excluding carboxylic acids is 1. The van der Waals surface area contributed by atoms with Crippen LogP contribution in [-0.2, 0) is 24.8 Å². The third-order valence-electron chi connectivity index (χ3n) is 6.97. The zero-order valence-electron chi connectivity index (χ0n) is 18.8. The van der Waals surface area contributed by atoms with Crippen LogP contribution in [0.4, 0.5) is 0 Å². The Morgan fingerprint density at radius 1 is 1.10 bits per heavy atom. The molecular weight excluding hydrogens is 372 g/mol. The van der Waals surface area contributed by atoms with Crippen molar-refractivity contribution in [1.82, 2.24) is 19.6 Å². The van der Waals surface area contributed by atoms with E-state index in [0.29, 0.717) is 23.7 Å². The van der Waals surface area contributed by atoms with Gasteiger partial charge in [0.15, 0.2) is 0 Å². The maximum absolute atomic E-state index is 12.8. The van der Waals surface area contributed by atoms with Crippen molar-refractivity contribution in [2.24, 2.45) is 12.5 Å². The second-order valence-electron chi connectivity index (χ2n) is 9.80. The summed E-state index contributed by atoms with van der Waals surface area (Å²) in [5.74, 6) is 0.884. The van der Waals surface area contributed by atoms with Crippen LogP contribution in [0.5, 0.6) is 0 Å². The minimum absolute atomic E-state index is 0.292. The van der Waals surface area contributed by atoms with Crippen molar-refractivity contribution in [1.29, 1.82) is 0 Å². The summed E-state index contributed by atoms with van der Waals surface area (Å²) >= 11 is 0. The van der Waals surface area contributed by atoms with Gasteiger partial charge in [0.05, 0.1) is 6.20 Å². The second-order valence-corrected chi connectivity index (χ2v) is 9.80. The number of hydrogen-bond donors (Lipinski definition) is 0. The molecule has 2 aliphatic rings. The highest BCUT2D eigenvalue weighted by Gasteiger charge is 2.42. The smallest absolute Gasteiger partial charge is 0.222 e. The fourth-order valence-electron chi connectivity index (χ4n) is 5.20. The van der Waals surface area contributed by atoms with Gasteiger partial charge < -0.3 is 4.90 Å². The second kappa shape index (κ2) is 8.93. The van der Waals surface area contributed by atoms with Crippen LogP contribution in [0, 0.1) is 5.41 Å². The average molecular weight is 409 g/mol. The van der Waals surface area contributed by atoms with Crippen LogP contribution in [-0.4, -0.2) is 51.7 Å². The van der Waals surface area contributed by atoms with E-state index in [1.165, 1.54) is 30.5 Å². The van der Waals surface area contributed by atoms with Crippen molar-refractivity contribution < 1.29 is 4.79 Å². The van der Waals surface area contributed by atoms with E-state index >= 15 is 0 Å². The number of benzene rings is 1. The SMILES string of the molecule is CC(C)c1ccc(CN2CCC[C@]3(CCN(C(=O)CCc4cnn(C)c4)C3)C2)cc1. The van der Waals surface area contributed by atoms with E-state index in [4.69, 9.17) is 0 Å². The summed E-state index contributed by atoms with van der Waals surface area (Å²) in [6.07, 6.45) is 8.89. The molecule has 1 aromatic carbocycles. The molecule has 3 heterocycles. The number of rotatable bonds is 6. The zero-order valence-corrected chi connectivity index (χ0v) is 18.8. The Morgan fingerprint density at radius 2 is 1.90 bits per heavy atom. The van der Waals surface area contributed by atoms with Crippen LogP contribution < -0.4 is 0 Å². The number of aromatic nitrogens is 2. The lowest BCUT2D eigenvalue weighted by molar-refractivity contribution is -0.130. The van der Waals surface area contributed by atoms with Gasteiger partial charge in [0.25, 0.3) is 0 Å². The molecule has 5 heteroatoms. The summed E-state index contributed by atoms with van der Waals surface area (Å²) in [4.78, 5) is 17.5. The largest absolute Gasteiger partial charge is 0.342 e. The summed E-state index contributed by atoms with van der Waals surface area (Å²) in [5, 5.41) is 4.20. The molecule has 0 bridgehead atoms. The van der Waals surface area contributed by atoms with Crippen LogP contribution in [0.2, 0.25) is 0 Å². The van der Waals surface area contributed by atoms with Gasteiger partial charge in [-0.05, 0) is 54.8 Å². The average Bonchev–Trinajstić information content (AvgIpc) is 3.33. The molecule has 1 amide bonds. The summed E-state index contributed by atoms with van der Waals surface area (Å²) in [5.41, 5.74) is 4.25. The van der Waals surface area contributed by atoms with Crippen molar-refractivity contribution in [3.8, 4) is 0 Å². The van der Waals surface area contributed by atoms with Crippen LogP contribution in [0.1, 0.15) is 62.1 Å². The first kappa shape index (κ1) is 21.1. The van der Waals surface area contributed by atoms with Crippen LogP contribution in [0.3, 0.4) is 0 Å². The molecule has 2 saturated heterocycles. The van der Waals surface area contributed by atoms with Crippen molar-refractivity contribution in [2.45, 2.75) is 58.4 Å². The number of carbonyl (C=O) groups is 1. The normalized spacial score (nSPS) is 22.3. The maximum atomic E-state index is 12.8. The minimum atomic E-state index is 0.292. The molecule has 0 N–H and O–H groups in total. The molecule has 0 unspecified atom stereocenters. The fourth-order valence-corrected chi connectivity index (χ4v) is 5.20. The Hall–Kier alpha value is -2.14. The van der Waals surface area contributed by atoms with E-state index in [0.717, 1.165) is 44.6 Å². The Kier molecular flexibility index (Phi) is 6.28. The molecule has 1 spiro atoms. The third-order valence-corrected chi connectivity index (χ3v) is 6.97. The van der Waals surface area contributed by atoms with Crippen LogP contribution in [0.15, 0.2) is 36.7 Å². The first-order valence-electron chi connectivity index (χ1n) is 11.5. The molecule has 0 saturated carbocycles. The standard InChI is InChI=1S/C25H36N4O/c1-20(2)23-8-5-21(6-9-23)17-28-13-4-11-25(18-28)12-14-29(19-25)24(30)10-7-22-15-26-27(3)16-22/h5-6,8-9,15-16,20H,4,7,10-14,17-19H2,1-3H3/t25-/m0/s1. The van der Waals surface area contributed by atoms with Crippen molar-refractivity contribution >= 4 is 5.91 Å². The lowest BCUT2D eigenvalue weighted by Crippen LogP contribution is -2.45. The van der Waals surface area contributed by atoms with E-state index in [-0.39, 0.29) is 0 Å². The van der Waals surface area contributed by atoms with Gasteiger partial charge in [0.2, 0.25) is 5.91 Å². The number of nitrogens with zero attached hydrogens (tertiary/aromatic N) is 4. The van der Waals surface area contributed by atoms with E-state index in [1.54, 1.807) is 4.68 Å². The molecule has 4 rings (SSSR count). The Labute approximate surface area is 181 Å². The Balaban J connectivity index is 1.30. The van der Waals surface area contributed by atoms with Crippen molar-refractivity contribution in [3.63, 3.8) is 0 Å². The first-order valence-corrected chi connectivity index (χ1v) is 11.5. The van der Waals surface area contributed by atoms with Crippen LogP contribution >= 0.6 is 0 Å². The first-order chi connectivity index (χ1) is 14.4. The molecule has 162 valence electrons. The number of amides is 1. The lowest BCUT2D eigenvalue weighted by Gasteiger charge is -2.40. The highest BCUT2D eigenvalue weighted by atomic mass is 16.2. The van der Waals surface area contributed by atoms with Gasteiger partial charge in [-0.15, -0.1) is 0 Å². The van der Waals surface area contributed by atoms with E-state index in [1.807, 2.05) is 19.4 Å². The van der Waals surface area contributed by atoms with E-state index < -0.39 is 0 Å². The predicted molar refractivity (Wildman–Crippen MR) is 120 cm³/mol. The van der Waals surface area contributed by atoms with E-state index in [9.17, 15) is 4.79 Å². The van der Waals surface area contributed by atoms with Crippen molar-refractivity contribution in [3.05, 3.63) is 53.3 Å². The third kappa shape index (κ3) is 4.94. The van der Waals surface area contributed by atoms with Gasteiger partial charge >= 0.3 is 0 Å². The topological polar surface area (TPSA) is 41.4 Å². The zero-order chi connectivity index (χ0) is 21.1. The molecule has 0 aliphatic carbocycles. The van der Waals surface area contributed by atoms with Crippen LogP contribution in [0.25, 0.3) is 0 Å². The van der Waals surface area contributed by atoms with Gasteiger partial charge in [-0.1, -0.05) is 38.1 Å². The minimum Gasteiger partial charge on any atom is -0.342 e. The monoisotopic (exact) mass is 408 g/mol. The summed E-state index contributed by atoms with van der Waals surface area (Å²) < 4.78 is 1.80. The number of aryl methyl sites for hydroxylation is 2. The number of likely N-dealkylation sites (tertiary alicyclic amines) is 2. The summed E-state index contributed by atoms with van der Waals surface area (Å²) in [6, 6.07) is 9.13. The molecule has 5 nitrogen and oxygen atoms in total. The van der Waals surface area contributed by atoms with Gasteiger partial charge in [-0.3, -0.25) is 14.4 Å². The fraction of sp³-hybridized carbons (Fsp3) is 0.600. The molecule has 1 aromatic heterocycles. The molecule has 2 aliphatic heterocycles. The highest BCUT2D eigenvalue weighted by molar-refractivity contribution is 5.76. The summed E-state index contributed by atoms with van der Waals surface area (Å²) in [7, 11) is 1.92. The Bertz CT molecular complexity index is 856. The quantitative estimate of drug-likeness (QED) is 0.726. The molecule has 1 atom stereocenters. The molecule has 2 fully saturated rings. The predicted octanol–water partition coefficient (Wildman–Crippen LogP) is 3.99. The van der Waals surface area contributed by atoms with Gasteiger partial charge in [-0.2, -0.15) is 5.10 Å². The maximum Gasteiger partial charge on any atom is 0.222 e. The lowest BCUT2D eigenvalue weighted by atomic mass is 9.79.